The lowest BCUT2D eigenvalue weighted by Crippen LogP contribution is -2.45. The Morgan fingerprint density at radius 1 is 1.67 bits per heavy atom. The molecule has 3 rings (SSSR count). The molecule has 0 fully saturated rings. The van der Waals surface area contributed by atoms with Crippen molar-refractivity contribution in [1.82, 2.24) is 25.0 Å². The highest BCUT2D eigenvalue weighted by molar-refractivity contribution is 7.97. The lowest BCUT2D eigenvalue weighted by molar-refractivity contribution is -0.144. The number of thioether (sulfide) groups is 1. The zero-order chi connectivity index (χ0) is 14.8. The Bertz CT molecular complexity index is 640. The van der Waals surface area contributed by atoms with Crippen LogP contribution in [0.5, 0.6) is 0 Å². The summed E-state index contributed by atoms with van der Waals surface area (Å²) in [5.41, 5.74) is 1.75. The van der Waals surface area contributed by atoms with Crippen LogP contribution in [0.3, 0.4) is 0 Å². The fourth-order valence-corrected chi connectivity index (χ4v) is 2.79. The van der Waals surface area contributed by atoms with Gasteiger partial charge in [-0.1, -0.05) is 5.16 Å². The normalized spacial score (nSPS) is 18.6. The Balaban J connectivity index is 1.77. The summed E-state index contributed by atoms with van der Waals surface area (Å²) in [6, 6.07) is -0.628. The first-order valence-corrected chi connectivity index (χ1v) is 7.85. The zero-order valence-electron chi connectivity index (χ0n) is 11.4. The third-order valence-corrected chi connectivity index (χ3v) is 3.95. The fraction of sp³-hybridized carbons (Fsp3) is 0.500. The van der Waals surface area contributed by atoms with Gasteiger partial charge >= 0.3 is 5.97 Å². The van der Waals surface area contributed by atoms with Crippen LogP contribution in [0.4, 0.5) is 0 Å². The third-order valence-electron chi connectivity index (χ3n) is 3.40. The van der Waals surface area contributed by atoms with E-state index in [1.807, 2.05) is 6.26 Å². The van der Waals surface area contributed by atoms with Gasteiger partial charge in [0.1, 0.15) is 6.04 Å². The van der Waals surface area contributed by atoms with E-state index in [9.17, 15) is 9.90 Å². The molecule has 8 nitrogen and oxygen atoms in total. The maximum absolute atomic E-state index is 11.4. The molecular formula is C12H15N5O3S. The van der Waals surface area contributed by atoms with Gasteiger partial charge in [-0.15, -0.1) is 0 Å². The van der Waals surface area contributed by atoms with E-state index in [-0.39, 0.29) is 0 Å². The van der Waals surface area contributed by atoms with Crippen molar-refractivity contribution in [3.05, 3.63) is 29.4 Å². The molecule has 2 aromatic heterocycles. The summed E-state index contributed by atoms with van der Waals surface area (Å²) in [5.74, 6) is 0.876. The highest BCUT2D eigenvalue weighted by Gasteiger charge is 2.33. The van der Waals surface area contributed by atoms with Crippen molar-refractivity contribution >= 4 is 17.7 Å². The van der Waals surface area contributed by atoms with Gasteiger partial charge in [-0.25, -0.2) is 4.98 Å². The van der Waals surface area contributed by atoms with Gasteiger partial charge < -0.3 is 14.6 Å². The van der Waals surface area contributed by atoms with E-state index in [2.05, 4.69) is 20.1 Å². The summed E-state index contributed by atoms with van der Waals surface area (Å²) in [6.07, 6.45) is 3.93. The molecule has 9 heteroatoms. The summed E-state index contributed by atoms with van der Waals surface area (Å²) in [7, 11) is 0. The standard InChI is InChI=1S/C12H15N5O3S/c1-21-5-10-15-11(20-16-10)4-17-3-8-7(13-6-14-8)2-9(17)12(18)19/h6,9H,2-5H2,1H3,(H,13,14)(H,18,19)/t9-/m0/s1. The largest absolute Gasteiger partial charge is 0.480 e. The van der Waals surface area contributed by atoms with E-state index < -0.39 is 12.0 Å². The van der Waals surface area contributed by atoms with Gasteiger partial charge in [0.25, 0.3) is 0 Å². The first-order chi connectivity index (χ1) is 10.2. The molecule has 1 atom stereocenters. The highest BCUT2D eigenvalue weighted by atomic mass is 32.2. The van der Waals surface area contributed by atoms with Crippen molar-refractivity contribution in [2.24, 2.45) is 0 Å². The molecule has 1 aliphatic heterocycles. The Labute approximate surface area is 124 Å². The molecule has 112 valence electrons. The minimum absolute atomic E-state index is 0.316. The van der Waals surface area contributed by atoms with Crippen LogP contribution in [0, 0.1) is 0 Å². The van der Waals surface area contributed by atoms with Gasteiger partial charge in [0, 0.05) is 13.0 Å². The van der Waals surface area contributed by atoms with Crippen LogP contribution in [0.1, 0.15) is 23.1 Å². The van der Waals surface area contributed by atoms with E-state index in [0.29, 0.717) is 37.0 Å². The minimum Gasteiger partial charge on any atom is -0.480 e. The van der Waals surface area contributed by atoms with E-state index in [1.54, 1.807) is 23.0 Å². The first kappa shape index (κ1) is 14.1. The van der Waals surface area contributed by atoms with Crippen LogP contribution in [0.15, 0.2) is 10.9 Å². The lowest BCUT2D eigenvalue weighted by atomic mass is 10.0. The molecule has 21 heavy (non-hydrogen) atoms. The van der Waals surface area contributed by atoms with Crippen molar-refractivity contribution in [2.75, 3.05) is 6.26 Å². The number of imidazole rings is 1. The summed E-state index contributed by atoms with van der Waals surface area (Å²) in [6.45, 7) is 0.795. The Morgan fingerprint density at radius 3 is 3.29 bits per heavy atom. The second-order valence-corrected chi connectivity index (χ2v) is 5.69. The van der Waals surface area contributed by atoms with Crippen molar-refractivity contribution in [1.29, 1.82) is 0 Å². The van der Waals surface area contributed by atoms with Crippen molar-refractivity contribution < 1.29 is 14.4 Å². The second-order valence-electron chi connectivity index (χ2n) is 4.83. The smallest absolute Gasteiger partial charge is 0.321 e. The number of aromatic amines is 1. The quantitative estimate of drug-likeness (QED) is 0.829. The number of aromatic nitrogens is 4. The van der Waals surface area contributed by atoms with E-state index >= 15 is 0 Å². The van der Waals surface area contributed by atoms with Crippen LogP contribution in [-0.2, 0) is 30.1 Å². The maximum Gasteiger partial charge on any atom is 0.321 e. The molecular weight excluding hydrogens is 294 g/mol. The second kappa shape index (κ2) is 5.86. The molecule has 0 bridgehead atoms. The fourth-order valence-electron chi connectivity index (χ4n) is 2.41. The molecule has 0 unspecified atom stereocenters. The monoisotopic (exact) mass is 309 g/mol. The molecule has 0 radical (unpaired) electrons. The molecule has 3 heterocycles. The number of rotatable bonds is 5. The minimum atomic E-state index is -0.868. The van der Waals surface area contributed by atoms with E-state index in [1.165, 1.54) is 0 Å². The van der Waals surface area contributed by atoms with Gasteiger partial charge in [-0.05, 0) is 6.26 Å². The molecule has 2 aromatic rings. The van der Waals surface area contributed by atoms with Crippen molar-refractivity contribution in [3.63, 3.8) is 0 Å². The van der Waals surface area contributed by atoms with Gasteiger partial charge in [0.2, 0.25) is 5.89 Å². The number of fused-ring (bicyclic) bond motifs is 1. The Morgan fingerprint density at radius 2 is 2.52 bits per heavy atom. The predicted molar refractivity (Wildman–Crippen MR) is 74.5 cm³/mol. The number of H-pyrrole nitrogens is 1. The third kappa shape index (κ3) is 2.93. The van der Waals surface area contributed by atoms with Gasteiger partial charge in [-0.3, -0.25) is 9.69 Å². The number of carboxylic acid groups (broad SMARTS) is 1. The summed E-state index contributed by atoms with van der Waals surface area (Å²) in [4.78, 5) is 24.7. The predicted octanol–water partition coefficient (Wildman–Crippen LogP) is 0.667. The van der Waals surface area contributed by atoms with E-state index in [0.717, 1.165) is 11.4 Å². The van der Waals surface area contributed by atoms with Gasteiger partial charge in [0.15, 0.2) is 5.82 Å². The number of aliphatic carboxylic acids is 1. The molecule has 0 amide bonds. The molecule has 0 saturated carbocycles. The highest BCUT2D eigenvalue weighted by Crippen LogP contribution is 2.22. The van der Waals surface area contributed by atoms with Crippen LogP contribution in [0.2, 0.25) is 0 Å². The number of nitrogens with one attached hydrogen (secondary N) is 1. The van der Waals surface area contributed by atoms with Crippen LogP contribution < -0.4 is 0 Å². The van der Waals surface area contributed by atoms with E-state index in [4.69, 9.17) is 4.52 Å². The first-order valence-electron chi connectivity index (χ1n) is 6.45. The number of carbonyl (C=O) groups is 1. The molecule has 2 N–H and O–H groups in total. The number of nitrogens with zero attached hydrogens (tertiary/aromatic N) is 4. The van der Waals surface area contributed by atoms with Gasteiger partial charge in [0.05, 0.1) is 30.0 Å². The SMILES string of the molecule is CSCc1noc(CN2Cc3[nH]cnc3C[C@H]2C(=O)O)n1. The van der Waals surface area contributed by atoms with Crippen LogP contribution >= 0.6 is 11.8 Å². The number of hydrogen-bond donors (Lipinski definition) is 2. The zero-order valence-corrected chi connectivity index (χ0v) is 12.3. The average molecular weight is 309 g/mol. The molecule has 0 aromatic carbocycles. The summed E-state index contributed by atoms with van der Waals surface area (Å²) < 4.78 is 5.18. The van der Waals surface area contributed by atoms with Crippen molar-refractivity contribution in [3.8, 4) is 0 Å². The molecule has 1 aliphatic rings. The molecule has 0 spiro atoms. The summed E-state index contributed by atoms with van der Waals surface area (Å²) >= 11 is 1.61. The maximum atomic E-state index is 11.4. The molecule has 0 saturated heterocycles. The Kier molecular flexibility index (Phi) is 3.93. The number of hydrogen-bond acceptors (Lipinski definition) is 7. The number of carboxylic acids is 1. The Hall–Kier alpha value is -1.87. The molecule has 0 aliphatic carbocycles. The topological polar surface area (TPSA) is 108 Å². The lowest BCUT2D eigenvalue weighted by Gasteiger charge is -2.30. The average Bonchev–Trinajstić information content (AvgIpc) is 3.07. The summed E-state index contributed by atoms with van der Waals surface area (Å²) in [5, 5.41) is 13.3. The van der Waals surface area contributed by atoms with Gasteiger partial charge in [-0.2, -0.15) is 16.7 Å². The van der Waals surface area contributed by atoms with Crippen molar-refractivity contribution in [2.45, 2.75) is 31.3 Å². The van der Waals surface area contributed by atoms with Crippen LogP contribution in [-0.4, -0.2) is 48.4 Å². The van der Waals surface area contributed by atoms with Crippen LogP contribution in [0.25, 0.3) is 0 Å².